The third-order valence-corrected chi connectivity index (χ3v) is 4.84. The molecule has 0 aliphatic carbocycles. The lowest BCUT2D eigenvalue weighted by Crippen LogP contribution is -2.43. The van der Waals surface area contributed by atoms with Crippen molar-refractivity contribution in [2.45, 2.75) is 32.2 Å². The van der Waals surface area contributed by atoms with Gasteiger partial charge in [0.25, 0.3) is 5.91 Å². The van der Waals surface area contributed by atoms with E-state index in [1.807, 2.05) is 32.0 Å². The molecule has 0 radical (unpaired) electrons. The van der Waals surface area contributed by atoms with Crippen molar-refractivity contribution in [3.63, 3.8) is 0 Å². The Bertz CT molecular complexity index is 758. The quantitative estimate of drug-likeness (QED) is 0.836. The Morgan fingerprint density at radius 2 is 2.29 bits per heavy atom. The zero-order valence-corrected chi connectivity index (χ0v) is 15.4. The normalized spacial score (nSPS) is 16.5. The molecular formula is C17H20BrN3O3. The van der Waals surface area contributed by atoms with Gasteiger partial charge >= 0.3 is 0 Å². The van der Waals surface area contributed by atoms with Gasteiger partial charge in [-0.3, -0.25) is 9.89 Å². The van der Waals surface area contributed by atoms with Crippen LogP contribution in [0.1, 0.15) is 41.5 Å². The van der Waals surface area contributed by atoms with Crippen molar-refractivity contribution in [1.29, 1.82) is 0 Å². The van der Waals surface area contributed by atoms with Gasteiger partial charge in [0.15, 0.2) is 17.2 Å². The second-order valence-corrected chi connectivity index (χ2v) is 6.88. The predicted octanol–water partition coefficient (Wildman–Crippen LogP) is 3.04. The van der Waals surface area contributed by atoms with Gasteiger partial charge in [-0.2, -0.15) is 5.10 Å². The van der Waals surface area contributed by atoms with Crippen LogP contribution in [0.15, 0.2) is 22.7 Å². The van der Waals surface area contributed by atoms with Crippen molar-refractivity contribution in [2.24, 2.45) is 0 Å². The molecule has 1 unspecified atom stereocenters. The second-order valence-electron chi connectivity index (χ2n) is 6.09. The van der Waals surface area contributed by atoms with E-state index in [1.54, 1.807) is 7.11 Å². The van der Waals surface area contributed by atoms with Crippen LogP contribution < -0.4 is 14.8 Å². The van der Waals surface area contributed by atoms with Gasteiger partial charge in [0.05, 0.1) is 23.3 Å². The largest absolute Gasteiger partial charge is 0.493 e. The van der Waals surface area contributed by atoms with E-state index in [1.165, 1.54) is 0 Å². The molecule has 7 heteroatoms. The molecule has 24 heavy (non-hydrogen) atoms. The summed E-state index contributed by atoms with van der Waals surface area (Å²) in [4.78, 5) is 12.5. The van der Waals surface area contributed by atoms with Crippen LogP contribution in [0.3, 0.4) is 0 Å². The van der Waals surface area contributed by atoms with Gasteiger partial charge in [-0.05, 0) is 34.3 Å². The van der Waals surface area contributed by atoms with Gasteiger partial charge in [-0.25, -0.2) is 0 Å². The average Bonchev–Trinajstić information content (AvgIpc) is 2.95. The molecule has 1 aromatic carbocycles. The molecule has 1 aromatic heterocycles. The standard InChI is InChI=1S/C17H20BrN3O3/c1-9(2)14-13(18)15(21-20-14)17(22)19-11-7-10-5-4-6-12(23-3)16(10)24-8-11/h4-6,9,11H,7-8H2,1-3H3,(H,19,22)(H,20,21). The van der Waals surface area contributed by atoms with Crippen molar-refractivity contribution < 1.29 is 14.3 Å². The Kier molecular flexibility index (Phi) is 4.80. The first-order chi connectivity index (χ1) is 11.5. The lowest BCUT2D eigenvalue weighted by molar-refractivity contribution is 0.0908. The zero-order valence-electron chi connectivity index (χ0n) is 13.9. The summed E-state index contributed by atoms with van der Waals surface area (Å²) < 4.78 is 11.8. The Labute approximate surface area is 149 Å². The Morgan fingerprint density at radius 3 is 2.96 bits per heavy atom. The number of carbonyl (C=O) groups excluding carboxylic acids is 1. The number of amides is 1. The molecule has 2 heterocycles. The van der Waals surface area contributed by atoms with E-state index in [9.17, 15) is 4.79 Å². The van der Waals surface area contributed by atoms with Crippen LogP contribution in [-0.2, 0) is 6.42 Å². The molecule has 0 saturated carbocycles. The van der Waals surface area contributed by atoms with E-state index in [4.69, 9.17) is 9.47 Å². The summed E-state index contributed by atoms with van der Waals surface area (Å²) in [5.41, 5.74) is 2.31. The maximum atomic E-state index is 12.5. The number of fused-ring (bicyclic) bond motifs is 1. The maximum Gasteiger partial charge on any atom is 0.273 e. The summed E-state index contributed by atoms with van der Waals surface area (Å²) in [6, 6.07) is 5.66. The van der Waals surface area contributed by atoms with E-state index in [-0.39, 0.29) is 17.9 Å². The maximum absolute atomic E-state index is 12.5. The molecule has 1 amide bonds. The van der Waals surface area contributed by atoms with Gasteiger partial charge in [0, 0.05) is 5.56 Å². The van der Waals surface area contributed by atoms with Crippen LogP contribution in [0.5, 0.6) is 11.5 Å². The van der Waals surface area contributed by atoms with E-state index in [0.29, 0.717) is 28.9 Å². The zero-order chi connectivity index (χ0) is 17.3. The number of aromatic amines is 1. The SMILES string of the molecule is COc1cccc2c1OCC(NC(=O)c1n[nH]c(C(C)C)c1Br)C2. The molecule has 0 spiro atoms. The summed E-state index contributed by atoms with van der Waals surface area (Å²) in [6.45, 7) is 4.48. The predicted molar refractivity (Wildman–Crippen MR) is 93.8 cm³/mol. The average molecular weight is 394 g/mol. The number of benzene rings is 1. The van der Waals surface area contributed by atoms with Crippen LogP contribution in [0.2, 0.25) is 0 Å². The molecule has 6 nitrogen and oxygen atoms in total. The van der Waals surface area contributed by atoms with Gasteiger partial charge in [-0.15, -0.1) is 0 Å². The molecule has 0 saturated heterocycles. The van der Waals surface area contributed by atoms with Gasteiger partial charge < -0.3 is 14.8 Å². The molecule has 2 N–H and O–H groups in total. The number of nitrogens with zero attached hydrogens (tertiary/aromatic N) is 1. The number of hydrogen-bond acceptors (Lipinski definition) is 4. The fourth-order valence-corrected chi connectivity index (χ4v) is 3.59. The number of carbonyl (C=O) groups is 1. The molecule has 1 atom stereocenters. The van der Waals surface area contributed by atoms with Crippen molar-refractivity contribution in [2.75, 3.05) is 13.7 Å². The number of aromatic nitrogens is 2. The van der Waals surface area contributed by atoms with Gasteiger partial charge in [0.1, 0.15) is 6.61 Å². The van der Waals surface area contributed by atoms with E-state index >= 15 is 0 Å². The van der Waals surface area contributed by atoms with E-state index in [0.717, 1.165) is 17.0 Å². The first kappa shape index (κ1) is 16.8. The summed E-state index contributed by atoms with van der Waals surface area (Å²) in [7, 11) is 1.62. The molecule has 1 aliphatic heterocycles. The highest BCUT2D eigenvalue weighted by Crippen LogP contribution is 2.34. The topological polar surface area (TPSA) is 76.2 Å². The lowest BCUT2D eigenvalue weighted by Gasteiger charge is -2.27. The number of rotatable bonds is 4. The Morgan fingerprint density at radius 1 is 1.50 bits per heavy atom. The molecule has 2 aromatic rings. The third-order valence-electron chi connectivity index (χ3n) is 4.04. The smallest absolute Gasteiger partial charge is 0.273 e. The minimum atomic E-state index is -0.218. The van der Waals surface area contributed by atoms with Crippen molar-refractivity contribution in [3.05, 3.63) is 39.6 Å². The van der Waals surface area contributed by atoms with Crippen LogP contribution in [-0.4, -0.2) is 35.9 Å². The molecule has 0 bridgehead atoms. The minimum absolute atomic E-state index is 0.108. The highest BCUT2D eigenvalue weighted by atomic mass is 79.9. The number of hydrogen-bond donors (Lipinski definition) is 2. The number of nitrogens with one attached hydrogen (secondary N) is 2. The monoisotopic (exact) mass is 393 g/mol. The summed E-state index contributed by atoms with van der Waals surface area (Å²) >= 11 is 3.46. The summed E-state index contributed by atoms with van der Waals surface area (Å²) in [5.74, 6) is 1.51. The lowest BCUT2D eigenvalue weighted by atomic mass is 10.0. The van der Waals surface area contributed by atoms with Crippen molar-refractivity contribution >= 4 is 21.8 Å². The van der Waals surface area contributed by atoms with E-state index in [2.05, 4.69) is 31.4 Å². The summed E-state index contributed by atoms with van der Waals surface area (Å²) in [5, 5.41) is 10.0. The van der Waals surface area contributed by atoms with Crippen LogP contribution in [0, 0.1) is 0 Å². The number of para-hydroxylation sites is 1. The fraction of sp³-hybridized carbons (Fsp3) is 0.412. The third kappa shape index (κ3) is 3.13. The number of ether oxygens (including phenoxy) is 2. The van der Waals surface area contributed by atoms with Gasteiger partial charge in [0.2, 0.25) is 0 Å². The Hall–Kier alpha value is -2.02. The van der Waals surface area contributed by atoms with Crippen LogP contribution in [0.25, 0.3) is 0 Å². The first-order valence-corrected chi connectivity index (χ1v) is 8.63. The van der Waals surface area contributed by atoms with Crippen LogP contribution >= 0.6 is 15.9 Å². The van der Waals surface area contributed by atoms with Crippen LogP contribution in [0.4, 0.5) is 0 Å². The van der Waals surface area contributed by atoms with Crippen molar-refractivity contribution in [3.8, 4) is 11.5 Å². The molecule has 3 rings (SSSR count). The minimum Gasteiger partial charge on any atom is -0.493 e. The molecular weight excluding hydrogens is 374 g/mol. The highest BCUT2D eigenvalue weighted by molar-refractivity contribution is 9.10. The molecule has 128 valence electrons. The summed E-state index contributed by atoms with van der Waals surface area (Å²) in [6.07, 6.45) is 0.692. The number of methoxy groups -OCH3 is 1. The Balaban J connectivity index is 1.72. The fourth-order valence-electron chi connectivity index (χ4n) is 2.78. The van der Waals surface area contributed by atoms with Gasteiger partial charge in [-0.1, -0.05) is 26.0 Å². The molecule has 0 fully saturated rings. The van der Waals surface area contributed by atoms with Crippen molar-refractivity contribution in [1.82, 2.24) is 15.5 Å². The number of halogens is 1. The second kappa shape index (κ2) is 6.84. The highest BCUT2D eigenvalue weighted by Gasteiger charge is 2.26. The number of H-pyrrole nitrogens is 1. The molecule has 1 aliphatic rings. The van der Waals surface area contributed by atoms with E-state index < -0.39 is 0 Å². The first-order valence-electron chi connectivity index (χ1n) is 7.84.